The highest BCUT2D eigenvalue weighted by molar-refractivity contribution is 6.31. The first-order valence-electron chi connectivity index (χ1n) is 9.06. The number of nitrogens with one attached hydrogen (secondary N) is 1. The number of carbonyl (C=O) groups excluding carboxylic acids is 2. The quantitative estimate of drug-likeness (QED) is 0.706. The predicted octanol–water partition coefficient (Wildman–Crippen LogP) is 3.14. The number of rotatable bonds is 2. The van der Waals surface area contributed by atoms with Crippen LogP contribution in [0.2, 0.25) is 5.02 Å². The van der Waals surface area contributed by atoms with E-state index >= 15 is 0 Å². The first kappa shape index (κ1) is 17.8. The second-order valence-corrected chi connectivity index (χ2v) is 7.61. The molecule has 1 atom stereocenters. The Bertz CT molecular complexity index is 1170. The molecule has 0 radical (unpaired) electrons. The summed E-state index contributed by atoms with van der Waals surface area (Å²) in [6.45, 7) is 0. The van der Waals surface area contributed by atoms with Crippen LogP contribution < -0.4 is 15.0 Å². The number of fused-ring (bicyclic) bond motifs is 4. The minimum Gasteiger partial charge on any atom is -0.497 e. The smallest absolute Gasteiger partial charge is 0.242 e. The highest BCUT2D eigenvalue weighted by atomic mass is 35.5. The third-order valence-corrected chi connectivity index (χ3v) is 5.91. The molecular formula is C21H17ClN4O3. The van der Waals surface area contributed by atoms with Crippen molar-refractivity contribution < 1.29 is 14.3 Å². The SMILES string of the molecule is COc1ccc(-n2ncc3c2NC(=O)C[C@@]32C(=O)N(C)c3ccc(Cl)cc32)cc1. The van der Waals surface area contributed by atoms with Gasteiger partial charge in [0.15, 0.2) is 0 Å². The Balaban J connectivity index is 1.74. The molecule has 146 valence electrons. The Kier molecular flexibility index (Phi) is 3.73. The summed E-state index contributed by atoms with van der Waals surface area (Å²) in [4.78, 5) is 27.8. The number of amides is 2. The zero-order chi connectivity index (χ0) is 20.3. The summed E-state index contributed by atoms with van der Waals surface area (Å²) in [6.07, 6.45) is 1.66. The van der Waals surface area contributed by atoms with Crippen molar-refractivity contribution in [2.24, 2.45) is 0 Å². The third kappa shape index (κ3) is 2.34. The van der Waals surface area contributed by atoms with Crippen LogP contribution in [0.15, 0.2) is 48.7 Å². The summed E-state index contributed by atoms with van der Waals surface area (Å²) in [5.74, 6) is 0.787. The molecule has 5 rings (SSSR count). The lowest BCUT2D eigenvalue weighted by molar-refractivity contribution is -0.126. The fourth-order valence-electron chi connectivity index (χ4n) is 4.30. The molecule has 29 heavy (non-hydrogen) atoms. The molecule has 0 unspecified atom stereocenters. The van der Waals surface area contributed by atoms with Gasteiger partial charge in [0.1, 0.15) is 17.0 Å². The van der Waals surface area contributed by atoms with E-state index in [1.54, 1.807) is 42.1 Å². The number of halogens is 1. The van der Waals surface area contributed by atoms with Crippen molar-refractivity contribution in [2.75, 3.05) is 24.4 Å². The molecule has 3 heterocycles. The number of hydrogen-bond acceptors (Lipinski definition) is 4. The van der Waals surface area contributed by atoms with Gasteiger partial charge in [0.05, 0.1) is 19.0 Å². The largest absolute Gasteiger partial charge is 0.497 e. The van der Waals surface area contributed by atoms with Crippen molar-refractivity contribution in [2.45, 2.75) is 11.8 Å². The number of nitrogens with zero attached hydrogens (tertiary/aromatic N) is 3. The molecule has 0 saturated heterocycles. The molecule has 7 nitrogen and oxygen atoms in total. The zero-order valence-electron chi connectivity index (χ0n) is 15.8. The molecule has 1 N–H and O–H groups in total. The number of likely N-dealkylation sites (N-methyl/N-ethyl adjacent to an activating group) is 1. The van der Waals surface area contributed by atoms with Crippen LogP contribution in [0.1, 0.15) is 17.5 Å². The van der Waals surface area contributed by atoms with Crippen LogP contribution in [0.3, 0.4) is 0 Å². The van der Waals surface area contributed by atoms with E-state index in [0.29, 0.717) is 22.2 Å². The first-order chi connectivity index (χ1) is 14.0. The predicted molar refractivity (Wildman–Crippen MR) is 109 cm³/mol. The molecule has 1 aromatic heterocycles. The van der Waals surface area contributed by atoms with Crippen LogP contribution in [-0.4, -0.2) is 35.8 Å². The Labute approximate surface area is 171 Å². The molecule has 0 bridgehead atoms. The second-order valence-electron chi connectivity index (χ2n) is 7.17. The number of anilines is 2. The number of benzene rings is 2. The van der Waals surface area contributed by atoms with Crippen molar-refractivity contribution >= 4 is 34.9 Å². The van der Waals surface area contributed by atoms with Crippen LogP contribution in [-0.2, 0) is 15.0 Å². The van der Waals surface area contributed by atoms with E-state index in [4.69, 9.17) is 16.3 Å². The monoisotopic (exact) mass is 408 g/mol. The van der Waals surface area contributed by atoms with Crippen molar-refractivity contribution in [3.63, 3.8) is 0 Å². The lowest BCUT2D eigenvalue weighted by Gasteiger charge is -2.32. The summed E-state index contributed by atoms with van der Waals surface area (Å²) in [5, 5.41) is 7.90. The summed E-state index contributed by atoms with van der Waals surface area (Å²) in [5.41, 5.74) is 1.73. The highest BCUT2D eigenvalue weighted by Crippen LogP contribution is 2.52. The summed E-state index contributed by atoms with van der Waals surface area (Å²) in [7, 11) is 3.31. The van der Waals surface area contributed by atoms with Crippen molar-refractivity contribution in [3.05, 3.63) is 64.8 Å². The Morgan fingerprint density at radius 1 is 1.14 bits per heavy atom. The maximum Gasteiger partial charge on any atom is 0.242 e. The molecule has 2 aliphatic heterocycles. The highest BCUT2D eigenvalue weighted by Gasteiger charge is 2.56. The van der Waals surface area contributed by atoms with Crippen LogP contribution in [0.25, 0.3) is 5.69 Å². The van der Waals surface area contributed by atoms with Gasteiger partial charge < -0.3 is 15.0 Å². The molecule has 2 aromatic carbocycles. The Hall–Kier alpha value is -3.32. The lowest BCUT2D eigenvalue weighted by atomic mass is 9.72. The van der Waals surface area contributed by atoms with E-state index in [1.165, 1.54) is 0 Å². The summed E-state index contributed by atoms with van der Waals surface area (Å²) < 4.78 is 6.83. The number of hydrogen-bond donors (Lipinski definition) is 1. The molecule has 0 fully saturated rings. The number of carbonyl (C=O) groups is 2. The maximum absolute atomic E-state index is 13.4. The maximum atomic E-state index is 13.4. The molecular weight excluding hydrogens is 392 g/mol. The third-order valence-electron chi connectivity index (χ3n) is 5.68. The van der Waals surface area contributed by atoms with E-state index in [0.717, 1.165) is 16.9 Å². The van der Waals surface area contributed by atoms with Gasteiger partial charge in [0.2, 0.25) is 11.8 Å². The van der Waals surface area contributed by atoms with Gasteiger partial charge in [-0.05, 0) is 48.0 Å². The van der Waals surface area contributed by atoms with E-state index in [1.807, 2.05) is 30.3 Å². The summed E-state index contributed by atoms with van der Waals surface area (Å²) >= 11 is 6.25. The second kappa shape index (κ2) is 6.09. The lowest BCUT2D eigenvalue weighted by Crippen LogP contribution is -2.45. The van der Waals surface area contributed by atoms with Gasteiger partial charge in [0.25, 0.3) is 0 Å². The fourth-order valence-corrected chi connectivity index (χ4v) is 4.47. The molecule has 0 saturated carbocycles. The first-order valence-corrected chi connectivity index (χ1v) is 9.44. The number of aromatic nitrogens is 2. The van der Waals surface area contributed by atoms with Crippen molar-refractivity contribution in [1.82, 2.24) is 9.78 Å². The standard InChI is InChI=1S/C21H17ClN4O3/c1-25-17-8-3-12(22)9-15(17)21(20(25)28)10-18(27)24-19-16(21)11-23-26(19)13-4-6-14(29-2)7-5-13/h3-9,11H,10H2,1-2H3,(H,24,27)/t21-/m0/s1. The fraction of sp³-hybridized carbons (Fsp3) is 0.190. The van der Waals surface area contributed by atoms with Gasteiger partial charge in [-0.2, -0.15) is 5.10 Å². The van der Waals surface area contributed by atoms with E-state index in [2.05, 4.69) is 10.4 Å². The van der Waals surface area contributed by atoms with Crippen LogP contribution >= 0.6 is 11.6 Å². The number of methoxy groups -OCH3 is 1. The van der Waals surface area contributed by atoms with E-state index in [9.17, 15) is 9.59 Å². The molecule has 1 spiro atoms. The van der Waals surface area contributed by atoms with Crippen molar-refractivity contribution in [3.8, 4) is 11.4 Å². The zero-order valence-corrected chi connectivity index (χ0v) is 16.5. The van der Waals surface area contributed by atoms with Gasteiger partial charge in [0, 0.05) is 29.7 Å². The van der Waals surface area contributed by atoms with E-state index in [-0.39, 0.29) is 18.2 Å². The topological polar surface area (TPSA) is 76.5 Å². The molecule has 2 aliphatic rings. The van der Waals surface area contributed by atoms with Crippen LogP contribution in [0.4, 0.5) is 11.5 Å². The van der Waals surface area contributed by atoms with E-state index < -0.39 is 5.41 Å². The summed E-state index contributed by atoms with van der Waals surface area (Å²) in [6, 6.07) is 12.6. The normalized spacial score (nSPS) is 19.9. The molecule has 3 aromatic rings. The van der Waals surface area contributed by atoms with Crippen molar-refractivity contribution in [1.29, 1.82) is 0 Å². The Morgan fingerprint density at radius 3 is 2.62 bits per heavy atom. The average Bonchev–Trinajstić information content (AvgIpc) is 3.23. The molecule has 2 amide bonds. The van der Waals surface area contributed by atoms with Crippen LogP contribution in [0.5, 0.6) is 5.75 Å². The number of ether oxygens (including phenoxy) is 1. The van der Waals surface area contributed by atoms with Gasteiger partial charge in [-0.25, -0.2) is 4.68 Å². The van der Waals surface area contributed by atoms with Crippen LogP contribution in [0, 0.1) is 0 Å². The van der Waals surface area contributed by atoms with Gasteiger partial charge in [-0.15, -0.1) is 0 Å². The minimum atomic E-state index is -1.14. The van der Waals surface area contributed by atoms with Gasteiger partial charge in [-0.1, -0.05) is 11.6 Å². The molecule has 0 aliphatic carbocycles. The van der Waals surface area contributed by atoms with Gasteiger partial charge in [-0.3, -0.25) is 9.59 Å². The average molecular weight is 409 g/mol. The Morgan fingerprint density at radius 2 is 1.90 bits per heavy atom. The minimum absolute atomic E-state index is 0.00478. The van der Waals surface area contributed by atoms with Gasteiger partial charge >= 0.3 is 0 Å². The molecule has 8 heteroatoms.